The van der Waals surface area contributed by atoms with Crippen LogP contribution in [0.3, 0.4) is 0 Å². The van der Waals surface area contributed by atoms with Crippen LogP contribution >= 0.6 is 0 Å². The molecule has 19 heavy (non-hydrogen) atoms. The smallest absolute Gasteiger partial charge is 0.267 e. The number of para-hydroxylation sites is 1. The second-order valence-corrected chi connectivity index (χ2v) is 6.01. The highest BCUT2D eigenvalue weighted by Gasteiger charge is 2.22. The summed E-state index contributed by atoms with van der Waals surface area (Å²) in [5, 5.41) is 3.98. The molecular formula is C12H16N4O2S. The number of aromatic nitrogens is 2. The number of nitrogens with zero attached hydrogens (tertiary/aromatic N) is 3. The van der Waals surface area contributed by atoms with Crippen LogP contribution in [0.2, 0.25) is 0 Å². The lowest BCUT2D eigenvalue weighted by atomic mass is 10.3. The van der Waals surface area contributed by atoms with Crippen LogP contribution in [-0.4, -0.2) is 31.8 Å². The van der Waals surface area contributed by atoms with Crippen LogP contribution in [0.4, 0.5) is 5.69 Å². The minimum atomic E-state index is -3.58. The van der Waals surface area contributed by atoms with Gasteiger partial charge in [-0.15, -0.1) is 0 Å². The molecule has 1 aromatic heterocycles. The fraction of sp³-hybridized carbons (Fsp3) is 0.250. The number of sulfonamides is 1. The van der Waals surface area contributed by atoms with E-state index in [-0.39, 0.29) is 4.90 Å². The van der Waals surface area contributed by atoms with Crippen LogP contribution in [0, 0.1) is 0 Å². The van der Waals surface area contributed by atoms with Gasteiger partial charge in [-0.05, 0) is 12.1 Å². The summed E-state index contributed by atoms with van der Waals surface area (Å²) in [6, 6.07) is 8.89. The first-order valence-electron chi connectivity index (χ1n) is 5.82. The Labute approximate surface area is 112 Å². The number of benzene rings is 1. The summed E-state index contributed by atoms with van der Waals surface area (Å²) in [6.45, 7) is 0.903. The molecule has 102 valence electrons. The first-order chi connectivity index (χ1) is 9.05. The van der Waals surface area contributed by atoms with E-state index in [1.807, 2.05) is 6.07 Å². The molecule has 0 saturated heterocycles. The molecule has 2 rings (SSSR count). The zero-order valence-electron chi connectivity index (χ0n) is 10.6. The summed E-state index contributed by atoms with van der Waals surface area (Å²) >= 11 is 0. The topological polar surface area (TPSA) is 81.2 Å². The Morgan fingerprint density at radius 2 is 2.00 bits per heavy atom. The number of hydrogen-bond acceptors (Lipinski definition) is 4. The van der Waals surface area contributed by atoms with Crippen LogP contribution in [0.25, 0.3) is 0 Å². The van der Waals surface area contributed by atoms with E-state index in [0.29, 0.717) is 18.8 Å². The molecule has 0 aliphatic rings. The predicted molar refractivity (Wildman–Crippen MR) is 73.3 cm³/mol. The third-order valence-electron chi connectivity index (χ3n) is 2.75. The van der Waals surface area contributed by atoms with E-state index in [2.05, 4.69) is 5.10 Å². The van der Waals surface area contributed by atoms with Crippen molar-refractivity contribution in [2.24, 2.45) is 5.73 Å². The second-order valence-electron chi connectivity index (χ2n) is 4.04. The minimum absolute atomic E-state index is 0.160. The van der Waals surface area contributed by atoms with E-state index < -0.39 is 10.0 Å². The van der Waals surface area contributed by atoms with Crippen molar-refractivity contribution in [3.63, 3.8) is 0 Å². The van der Waals surface area contributed by atoms with Crippen molar-refractivity contribution in [3.8, 4) is 0 Å². The van der Waals surface area contributed by atoms with Crippen LogP contribution < -0.4 is 10.0 Å². The van der Waals surface area contributed by atoms with Gasteiger partial charge in [0, 0.05) is 19.8 Å². The molecule has 0 bridgehead atoms. The van der Waals surface area contributed by atoms with Crippen molar-refractivity contribution < 1.29 is 8.42 Å². The Balaban J connectivity index is 2.31. The standard InChI is InChI=1S/C12H16N4O2S/c1-15(11-5-3-2-4-6-11)19(17,18)12-9-14-16(10-12)8-7-13/h2-6,9-10H,7-8,13H2,1H3. The summed E-state index contributed by atoms with van der Waals surface area (Å²) in [5.41, 5.74) is 6.01. The quantitative estimate of drug-likeness (QED) is 0.872. The van der Waals surface area contributed by atoms with Crippen LogP contribution in [-0.2, 0) is 16.6 Å². The summed E-state index contributed by atoms with van der Waals surface area (Å²) in [5.74, 6) is 0. The number of rotatable bonds is 5. The van der Waals surface area contributed by atoms with Gasteiger partial charge in [-0.3, -0.25) is 8.99 Å². The van der Waals surface area contributed by atoms with E-state index in [9.17, 15) is 8.42 Å². The lowest BCUT2D eigenvalue weighted by Gasteiger charge is -2.18. The molecule has 0 amide bonds. The van der Waals surface area contributed by atoms with E-state index in [0.717, 1.165) is 0 Å². The van der Waals surface area contributed by atoms with Crippen LogP contribution in [0.5, 0.6) is 0 Å². The van der Waals surface area contributed by atoms with Crippen molar-refractivity contribution >= 4 is 15.7 Å². The van der Waals surface area contributed by atoms with Gasteiger partial charge in [0.2, 0.25) is 0 Å². The highest BCUT2D eigenvalue weighted by Crippen LogP contribution is 2.20. The number of nitrogens with two attached hydrogens (primary N) is 1. The Bertz CT molecular complexity index is 637. The Kier molecular flexibility index (Phi) is 3.87. The Morgan fingerprint density at radius 1 is 1.32 bits per heavy atom. The highest BCUT2D eigenvalue weighted by molar-refractivity contribution is 7.92. The zero-order valence-corrected chi connectivity index (χ0v) is 11.4. The summed E-state index contributed by atoms with van der Waals surface area (Å²) in [4.78, 5) is 0.160. The van der Waals surface area contributed by atoms with Gasteiger partial charge in [-0.25, -0.2) is 8.42 Å². The highest BCUT2D eigenvalue weighted by atomic mass is 32.2. The average molecular weight is 280 g/mol. The largest absolute Gasteiger partial charge is 0.329 e. The van der Waals surface area contributed by atoms with Gasteiger partial charge in [0.15, 0.2) is 0 Å². The Morgan fingerprint density at radius 3 is 2.63 bits per heavy atom. The summed E-state index contributed by atoms with van der Waals surface area (Å²) in [6.07, 6.45) is 2.83. The van der Waals surface area contributed by atoms with Gasteiger partial charge in [0.1, 0.15) is 4.90 Å². The van der Waals surface area contributed by atoms with Gasteiger partial charge < -0.3 is 5.73 Å². The molecule has 0 aliphatic heterocycles. The third kappa shape index (κ3) is 2.77. The fourth-order valence-corrected chi connectivity index (χ4v) is 2.82. The van der Waals surface area contributed by atoms with Crippen molar-refractivity contribution in [1.29, 1.82) is 0 Å². The number of hydrogen-bond donors (Lipinski definition) is 1. The van der Waals surface area contributed by atoms with Gasteiger partial charge in [-0.2, -0.15) is 5.10 Å². The molecule has 2 N–H and O–H groups in total. The van der Waals surface area contributed by atoms with E-state index in [4.69, 9.17) is 5.73 Å². The molecule has 2 aromatic rings. The van der Waals surface area contributed by atoms with Crippen molar-refractivity contribution in [1.82, 2.24) is 9.78 Å². The summed E-state index contributed by atoms with van der Waals surface area (Å²) < 4.78 is 27.5. The van der Waals surface area contributed by atoms with Crippen molar-refractivity contribution in [3.05, 3.63) is 42.7 Å². The molecule has 7 heteroatoms. The third-order valence-corrected chi connectivity index (χ3v) is 4.48. The van der Waals surface area contributed by atoms with Crippen LogP contribution in [0.1, 0.15) is 0 Å². The molecular weight excluding hydrogens is 264 g/mol. The fourth-order valence-electron chi connectivity index (χ4n) is 1.67. The van der Waals surface area contributed by atoms with Crippen LogP contribution in [0.15, 0.2) is 47.6 Å². The van der Waals surface area contributed by atoms with Crippen molar-refractivity contribution in [2.75, 3.05) is 17.9 Å². The van der Waals surface area contributed by atoms with Gasteiger partial charge >= 0.3 is 0 Å². The van der Waals surface area contributed by atoms with Gasteiger partial charge in [0.25, 0.3) is 10.0 Å². The molecule has 1 aromatic carbocycles. The molecule has 0 fully saturated rings. The average Bonchev–Trinajstić information content (AvgIpc) is 2.89. The maximum atomic E-state index is 12.4. The predicted octanol–water partition coefficient (Wildman–Crippen LogP) is 0.667. The van der Waals surface area contributed by atoms with Gasteiger partial charge in [0.05, 0.1) is 18.4 Å². The Hall–Kier alpha value is -1.86. The molecule has 0 unspecified atom stereocenters. The number of anilines is 1. The first kappa shape index (κ1) is 13.6. The van der Waals surface area contributed by atoms with E-state index in [1.54, 1.807) is 24.3 Å². The lowest BCUT2D eigenvalue weighted by molar-refractivity contribution is 0.593. The summed E-state index contributed by atoms with van der Waals surface area (Å²) in [7, 11) is -2.06. The van der Waals surface area contributed by atoms with E-state index in [1.165, 1.54) is 28.4 Å². The minimum Gasteiger partial charge on any atom is -0.329 e. The van der Waals surface area contributed by atoms with Gasteiger partial charge in [-0.1, -0.05) is 18.2 Å². The molecule has 0 radical (unpaired) electrons. The maximum absolute atomic E-state index is 12.4. The zero-order chi connectivity index (χ0) is 13.9. The van der Waals surface area contributed by atoms with E-state index >= 15 is 0 Å². The SMILES string of the molecule is CN(c1ccccc1)S(=O)(=O)c1cnn(CCN)c1. The molecule has 0 atom stereocenters. The first-order valence-corrected chi connectivity index (χ1v) is 7.26. The normalized spacial score (nSPS) is 11.5. The monoisotopic (exact) mass is 280 g/mol. The lowest BCUT2D eigenvalue weighted by Crippen LogP contribution is -2.26. The van der Waals surface area contributed by atoms with Crippen molar-refractivity contribution in [2.45, 2.75) is 11.4 Å². The maximum Gasteiger partial charge on any atom is 0.267 e. The molecule has 0 saturated carbocycles. The molecule has 0 aliphatic carbocycles. The molecule has 6 nitrogen and oxygen atoms in total. The second kappa shape index (κ2) is 5.41. The molecule has 1 heterocycles. The molecule has 0 spiro atoms.